The lowest BCUT2D eigenvalue weighted by Crippen LogP contribution is -2.32. The second-order valence-corrected chi connectivity index (χ2v) is 8.82. The normalized spacial score (nSPS) is 11.7. The van der Waals surface area contributed by atoms with Gasteiger partial charge in [0.05, 0.1) is 12.0 Å². The minimum atomic E-state index is -0.230. The van der Waals surface area contributed by atoms with Crippen molar-refractivity contribution in [1.82, 2.24) is 0 Å². The van der Waals surface area contributed by atoms with Gasteiger partial charge in [-0.3, -0.25) is 4.79 Å². The Bertz CT molecular complexity index is 333. The summed E-state index contributed by atoms with van der Waals surface area (Å²) in [5, 5.41) is 0. The van der Waals surface area contributed by atoms with E-state index in [0.717, 1.165) is 38.5 Å². The number of ether oxygens (including phenoxy) is 1. The molecule has 168 valence electrons. The summed E-state index contributed by atoms with van der Waals surface area (Å²) in [5.41, 5.74) is -0.230. The zero-order valence-corrected chi connectivity index (χ0v) is 20.0. The Morgan fingerprint density at radius 1 is 0.571 bits per heavy atom. The molecule has 0 bridgehead atoms. The van der Waals surface area contributed by atoms with E-state index in [-0.39, 0.29) is 11.4 Å². The molecule has 0 spiro atoms. The molecule has 2 heteroatoms. The third kappa shape index (κ3) is 13.6. The molecule has 0 heterocycles. The predicted molar refractivity (Wildman–Crippen MR) is 124 cm³/mol. The lowest BCUT2D eigenvalue weighted by atomic mass is 9.78. The number of unbranched alkanes of at least 4 members (excludes halogenated alkanes) is 14. The molecule has 0 unspecified atom stereocenters. The largest absolute Gasteiger partial charge is 0.465 e. The first-order valence-electron chi connectivity index (χ1n) is 12.8. The summed E-state index contributed by atoms with van der Waals surface area (Å²) < 4.78 is 5.65. The first kappa shape index (κ1) is 27.5. The first-order valence-corrected chi connectivity index (χ1v) is 12.8. The summed E-state index contributed by atoms with van der Waals surface area (Å²) in [6.45, 7) is 9.35. The summed E-state index contributed by atoms with van der Waals surface area (Å²) >= 11 is 0. The van der Waals surface area contributed by atoms with Crippen molar-refractivity contribution < 1.29 is 9.53 Å². The number of hydrogen-bond donors (Lipinski definition) is 0. The van der Waals surface area contributed by atoms with E-state index < -0.39 is 0 Å². The van der Waals surface area contributed by atoms with Gasteiger partial charge >= 0.3 is 5.97 Å². The van der Waals surface area contributed by atoms with Gasteiger partial charge in [-0.1, -0.05) is 124 Å². The molecule has 28 heavy (non-hydrogen) atoms. The average Bonchev–Trinajstić information content (AvgIpc) is 2.72. The van der Waals surface area contributed by atoms with Crippen LogP contribution >= 0.6 is 0 Å². The first-order chi connectivity index (χ1) is 13.7. The molecule has 0 aromatic carbocycles. The molecule has 0 aromatic rings. The Hall–Kier alpha value is -0.530. The van der Waals surface area contributed by atoms with Crippen molar-refractivity contribution in [2.24, 2.45) is 5.41 Å². The molecule has 0 aliphatic heterocycles. The molecular weight excluding hydrogens is 344 g/mol. The summed E-state index contributed by atoms with van der Waals surface area (Å²) in [4.78, 5) is 12.5. The topological polar surface area (TPSA) is 26.3 Å². The number of rotatable bonds is 21. The van der Waals surface area contributed by atoms with Gasteiger partial charge in [-0.05, 0) is 25.7 Å². The Morgan fingerprint density at radius 3 is 1.36 bits per heavy atom. The molecule has 0 aliphatic carbocycles. The van der Waals surface area contributed by atoms with Crippen LogP contribution in [-0.4, -0.2) is 12.6 Å². The van der Waals surface area contributed by atoms with Crippen LogP contribution in [-0.2, 0) is 9.53 Å². The Morgan fingerprint density at radius 2 is 0.964 bits per heavy atom. The van der Waals surface area contributed by atoms with E-state index in [2.05, 4.69) is 27.7 Å². The van der Waals surface area contributed by atoms with E-state index >= 15 is 0 Å². The predicted octanol–water partition coefficient (Wildman–Crippen LogP) is 9.01. The van der Waals surface area contributed by atoms with Crippen LogP contribution in [0.2, 0.25) is 0 Å². The lowest BCUT2D eigenvalue weighted by Gasteiger charge is -2.29. The SMILES string of the molecule is CCCCCCCCCCCCCCCCOC(=O)C(CC)(CC)CCCC. The molecule has 0 rings (SSSR count). The van der Waals surface area contributed by atoms with Gasteiger partial charge in [0.1, 0.15) is 0 Å². The van der Waals surface area contributed by atoms with Crippen molar-refractivity contribution in [3.05, 3.63) is 0 Å². The van der Waals surface area contributed by atoms with Gasteiger partial charge in [0, 0.05) is 0 Å². The Kier molecular flexibility index (Phi) is 19.4. The van der Waals surface area contributed by atoms with E-state index in [9.17, 15) is 4.79 Å². The highest BCUT2D eigenvalue weighted by molar-refractivity contribution is 5.76. The third-order valence-electron chi connectivity index (χ3n) is 6.53. The van der Waals surface area contributed by atoms with Crippen LogP contribution in [0.25, 0.3) is 0 Å². The molecule has 0 saturated carbocycles. The van der Waals surface area contributed by atoms with Crippen molar-refractivity contribution >= 4 is 5.97 Å². The molecular formula is C26H52O2. The van der Waals surface area contributed by atoms with Crippen LogP contribution in [0.4, 0.5) is 0 Å². The monoisotopic (exact) mass is 396 g/mol. The lowest BCUT2D eigenvalue weighted by molar-refractivity contribution is -0.157. The minimum Gasteiger partial charge on any atom is -0.465 e. The maximum absolute atomic E-state index is 12.5. The van der Waals surface area contributed by atoms with E-state index in [1.54, 1.807) is 0 Å². The number of hydrogen-bond acceptors (Lipinski definition) is 2. The van der Waals surface area contributed by atoms with Crippen molar-refractivity contribution in [3.8, 4) is 0 Å². The molecule has 0 aromatic heterocycles. The summed E-state index contributed by atoms with van der Waals surface area (Å²) in [5.74, 6) is 0.0562. The minimum absolute atomic E-state index is 0.0562. The number of esters is 1. The van der Waals surface area contributed by atoms with Crippen LogP contribution < -0.4 is 0 Å². The quantitative estimate of drug-likeness (QED) is 0.143. The van der Waals surface area contributed by atoms with Gasteiger partial charge in [-0.2, -0.15) is 0 Å². The molecule has 0 radical (unpaired) electrons. The second kappa shape index (κ2) is 19.8. The van der Waals surface area contributed by atoms with Crippen LogP contribution in [0.3, 0.4) is 0 Å². The molecule has 0 aliphatic rings. The van der Waals surface area contributed by atoms with Crippen molar-refractivity contribution in [2.45, 2.75) is 150 Å². The highest BCUT2D eigenvalue weighted by Crippen LogP contribution is 2.34. The maximum atomic E-state index is 12.5. The van der Waals surface area contributed by atoms with Gasteiger partial charge in [-0.25, -0.2) is 0 Å². The van der Waals surface area contributed by atoms with E-state index in [1.165, 1.54) is 83.5 Å². The molecule has 0 saturated heterocycles. The van der Waals surface area contributed by atoms with Crippen LogP contribution in [0.15, 0.2) is 0 Å². The van der Waals surface area contributed by atoms with Crippen molar-refractivity contribution in [3.63, 3.8) is 0 Å². The van der Waals surface area contributed by atoms with E-state index in [0.29, 0.717) is 6.61 Å². The number of carbonyl (C=O) groups excluding carboxylic acids is 1. The van der Waals surface area contributed by atoms with Crippen LogP contribution in [0.5, 0.6) is 0 Å². The summed E-state index contributed by atoms with van der Waals surface area (Å²) in [7, 11) is 0. The highest BCUT2D eigenvalue weighted by atomic mass is 16.5. The maximum Gasteiger partial charge on any atom is 0.312 e. The Balaban J connectivity index is 3.52. The third-order valence-corrected chi connectivity index (χ3v) is 6.53. The standard InChI is InChI=1S/C26H52O2/c1-5-9-11-12-13-14-15-16-17-18-19-20-21-22-24-28-25(27)26(7-3,8-4)23-10-6-2/h5-24H2,1-4H3. The van der Waals surface area contributed by atoms with Gasteiger partial charge in [0.25, 0.3) is 0 Å². The summed E-state index contributed by atoms with van der Waals surface area (Å²) in [6.07, 6.45) is 24.0. The van der Waals surface area contributed by atoms with Gasteiger partial charge < -0.3 is 4.74 Å². The van der Waals surface area contributed by atoms with Crippen LogP contribution in [0.1, 0.15) is 150 Å². The molecule has 2 nitrogen and oxygen atoms in total. The smallest absolute Gasteiger partial charge is 0.312 e. The van der Waals surface area contributed by atoms with Gasteiger partial charge in [-0.15, -0.1) is 0 Å². The summed E-state index contributed by atoms with van der Waals surface area (Å²) in [6, 6.07) is 0. The van der Waals surface area contributed by atoms with E-state index in [1.807, 2.05) is 0 Å². The molecule has 0 atom stereocenters. The zero-order chi connectivity index (χ0) is 20.9. The van der Waals surface area contributed by atoms with E-state index in [4.69, 9.17) is 4.74 Å². The molecule has 0 amide bonds. The van der Waals surface area contributed by atoms with Gasteiger partial charge in [0.2, 0.25) is 0 Å². The van der Waals surface area contributed by atoms with Crippen molar-refractivity contribution in [2.75, 3.05) is 6.61 Å². The second-order valence-electron chi connectivity index (χ2n) is 8.82. The highest BCUT2D eigenvalue weighted by Gasteiger charge is 2.35. The fourth-order valence-electron chi connectivity index (χ4n) is 4.12. The average molecular weight is 397 g/mol. The number of carbonyl (C=O) groups is 1. The fourth-order valence-corrected chi connectivity index (χ4v) is 4.12. The Labute approximate surface area is 177 Å². The fraction of sp³-hybridized carbons (Fsp3) is 0.962. The zero-order valence-electron chi connectivity index (χ0n) is 20.0. The van der Waals surface area contributed by atoms with Crippen LogP contribution in [0, 0.1) is 5.41 Å². The molecule has 0 N–H and O–H groups in total. The van der Waals surface area contributed by atoms with Gasteiger partial charge in [0.15, 0.2) is 0 Å². The van der Waals surface area contributed by atoms with Crippen molar-refractivity contribution in [1.29, 1.82) is 0 Å². The molecule has 0 fully saturated rings.